The van der Waals surface area contributed by atoms with Crippen LogP contribution < -0.4 is 0 Å². The maximum Gasteiger partial charge on any atom is 0.310 e. The highest BCUT2D eigenvalue weighted by Gasteiger charge is 2.36. The number of ether oxygens (including phenoxy) is 1. The van der Waals surface area contributed by atoms with Gasteiger partial charge in [-0.2, -0.15) is 0 Å². The SMILES string of the molecule is CC(C)CC(C(=O)O)[C@H](CCCc1ccccc1)C(=O)OC(C)(C)C. The lowest BCUT2D eigenvalue weighted by Crippen LogP contribution is -2.36. The van der Waals surface area contributed by atoms with Gasteiger partial charge in [0.25, 0.3) is 0 Å². The number of carbonyl (C=O) groups excluding carboxylic acids is 1. The molecule has 1 unspecified atom stereocenters. The van der Waals surface area contributed by atoms with Crippen LogP contribution in [0.15, 0.2) is 30.3 Å². The van der Waals surface area contributed by atoms with Gasteiger partial charge in [0, 0.05) is 0 Å². The van der Waals surface area contributed by atoms with Crippen LogP contribution in [0.3, 0.4) is 0 Å². The first-order valence-electron chi connectivity index (χ1n) is 9.09. The van der Waals surface area contributed by atoms with Gasteiger partial charge in [-0.1, -0.05) is 44.2 Å². The van der Waals surface area contributed by atoms with Crippen LogP contribution in [0.1, 0.15) is 59.4 Å². The highest BCUT2D eigenvalue weighted by atomic mass is 16.6. The van der Waals surface area contributed by atoms with Crippen molar-refractivity contribution in [3.8, 4) is 0 Å². The van der Waals surface area contributed by atoms with Gasteiger partial charge in [0.2, 0.25) is 0 Å². The molecule has 1 aromatic carbocycles. The summed E-state index contributed by atoms with van der Waals surface area (Å²) in [5, 5.41) is 9.65. The summed E-state index contributed by atoms with van der Waals surface area (Å²) in [6.07, 6.45) is 2.59. The molecule has 1 N–H and O–H groups in total. The van der Waals surface area contributed by atoms with Gasteiger partial charge in [-0.15, -0.1) is 0 Å². The number of carbonyl (C=O) groups is 2. The molecule has 4 nitrogen and oxygen atoms in total. The number of aliphatic carboxylic acids is 1. The zero-order valence-corrected chi connectivity index (χ0v) is 16.1. The van der Waals surface area contributed by atoms with E-state index < -0.39 is 29.4 Å². The standard InChI is InChI=1S/C21H32O4/c1-15(2)14-18(19(22)23)17(20(24)25-21(3,4)5)13-9-12-16-10-7-6-8-11-16/h6-8,10-11,15,17-18H,9,12-14H2,1-5H3,(H,22,23)/t17-,18?/m0/s1. The van der Waals surface area contributed by atoms with Gasteiger partial charge in [0.15, 0.2) is 0 Å². The maximum absolute atomic E-state index is 12.6. The summed E-state index contributed by atoms with van der Waals surface area (Å²) in [6, 6.07) is 10.0. The highest BCUT2D eigenvalue weighted by molar-refractivity contribution is 5.81. The molecule has 0 fully saturated rings. The van der Waals surface area contributed by atoms with Gasteiger partial charge in [0.1, 0.15) is 5.60 Å². The number of rotatable bonds is 9. The van der Waals surface area contributed by atoms with Crippen molar-refractivity contribution in [1.29, 1.82) is 0 Å². The van der Waals surface area contributed by atoms with E-state index >= 15 is 0 Å². The van der Waals surface area contributed by atoms with Crippen molar-refractivity contribution in [2.24, 2.45) is 17.8 Å². The van der Waals surface area contributed by atoms with Crippen molar-refractivity contribution in [2.75, 3.05) is 0 Å². The summed E-state index contributed by atoms with van der Waals surface area (Å²) in [6.45, 7) is 9.39. The molecule has 25 heavy (non-hydrogen) atoms. The first-order valence-corrected chi connectivity index (χ1v) is 9.09. The van der Waals surface area contributed by atoms with E-state index in [2.05, 4.69) is 0 Å². The van der Waals surface area contributed by atoms with Crippen LogP contribution >= 0.6 is 0 Å². The van der Waals surface area contributed by atoms with Crippen LogP contribution in [-0.2, 0) is 20.7 Å². The summed E-state index contributed by atoms with van der Waals surface area (Å²) < 4.78 is 5.51. The number of aryl methyl sites for hydroxylation is 1. The summed E-state index contributed by atoms with van der Waals surface area (Å²) in [5.74, 6) is -2.41. The fourth-order valence-corrected chi connectivity index (χ4v) is 2.98. The molecule has 0 aliphatic rings. The van der Waals surface area contributed by atoms with Crippen LogP contribution in [-0.4, -0.2) is 22.6 Å². The van der Waals surface area contributed by atoms with Gasteiger partial charge < -0.3 is 9.84 Å². The zero-order chi connectivity index (χ0) is 19.0. The molecule has 1 rings (SSSR count). The maximum atomic E-state index is 12.6. The van der Waals surface area contributed by atoms with E-state index in [4.69, 9.17) is 4.74 Å². The number of carboxylic acids is 1. The van der Waals surface area contributed by atoms with E-state index in [1.54, 1.807) is 0 Å². The first-order chi connectivity index (χ1) is 11.6. The minimum atomic E-state index is -0.913. The smallest absolute Gasteiger partial charge is 0.310 e. The van der Waals surface area contributed by atoms with Gasteiger partial charge in [-0.25, -0.2) is 0 Å². The Morgan fingerprint density at radius 1 is 1.08 bits per heavy atom. The van der Waals surface area contributed by atoms with Crippen LogP contribution in [0.2, 0.25) is 0 Å². The molecule has 0 saturated heterocycles. The Balaban J connectivity index is 2.85. The molecule has 1 aromatic rings. The molecule has 0 aliphatic carbocycles. The van der Waals surface area contributed by atoms with Crippen LogP contribution in [0.4, 0.5) is 0 Å². The lowest BCUT2D eigenvalue weighted by molar-refractivity contribution is -0.167. The fraction of sp³-hybridized carbons (Fsp3) is 0.619. The molecule has 0 amide bonds. The van der Waals surface area contributed by atoms with Gasteiger partial charge in [-0.3, -0.25) is 9.59 Å². The molecule has 0 aliphatic heterocycles. The normalized spacial score (nSPS) is 14.2. The Morgan fingerprint density at radius 2 is 1.68 bits per heavy atom. The van der Waals surface area contributed by atoms with Gasteiger partial charge in [0.05, 0.1) is 11.8 Å². The predicted molar refractivity (Wildman–Crippen MR) is 99.3 cm³/mol. The lowest BCUT2D eigenvalue weighted by Gasteiger charge is -2.28. The average Bonchev–Trinajstić information content (AvgIpc) is 2.48. The summed E-state index contributed by atoms with van der Waals surface area (Å²) >= 11 is 0. The first kappa shape index (κ1) is 21.2. The minimum Gasteiger partial charge on any atom is -0.481 e. The van der Waals surface area contributed by atoms with Gasteiger partial charge in [-0.05, 0) is 57.9 Å². The van der Waals surface area contributed by atoms with Crippen molar-refractivity contribution in [3.63, 3.8) is 0 Å². The molecule has 0 heterocycles. The number of carboxylic acid groups (broad SMARTS) is 1. The second kappa shape index (κ2) is 9.59. The molecule has 4 heteroatoms. The van der Waals surface area contributed by atoms with E-state index in [9.17, 15) is 14.7 Å². The summed E-state index contributed by atoms with van der Waals surface area (Å²) in [5.41, 5.74) is 0.580. The number of esters is 1. The lowest BCUT2D eigenvalue weighted by atomic mass is 9.82. The van der Waals surface area contributed by atoms with Crippen molar-refractivity contribution in [3.05, 3.63) is 35.9 Å². The van der Waals surface area contributed by atoms with E-state index in [0.717, 1.165) is 12.8 Å². The Labute approximate surface area is 151 Å². The van der Waals surface area contributed by atoms with E-state index in [0.29, 0.717) is 12.8 Å². The molecule has 0 aromatic heterocycles. The third kappa shape index (κ3) is 8.19. The third-order valence-corrected chi connectivity index (χ3v) is 4.06. The molecule has 0 spiro atoms. The van der Waals surface area contributed by atoms with E-state index in [1.807, 2.05) is 65.0 Å². The second-order valence-corrected chi connectivity index (χ2v) is 8.09. The van der Waals surface area contributed by atoms with Crippen molar-refractivity contribution < 1.29 is 19.4 Å². The minimum absolute atomic E-state index is 0.208. The van der Waals surface area contributed by atoms with Crippen molar-refractivity contribution in [1.82, 2.24) is 0 Å². The third-order valence-electron chi connectivity index (χ3n) is 4.06. The topological polar surface area (TPSA) is 63.6 Å². The molecule has 2 atom stereocenters. The Morgan fingerprint density at radius 3 is 2.16 bits per heavy atom. The number of hydrogen-bond acceptors (Lipinski definition) is 3. The van der Waals surface area contributed by atoms with E-state index in [1.165, 1.54) is 5.56 Å². The van der Waals surface area contributed by atoms with Crippen molar-refractivity contribution in [2.45, 2.75) is 65.9 Å². The fourth-order valence-electron chi connectivity index (χ4n) is 2.98. The quantitative estimate of drug-likeness (QED) is 0.656. The number of benzene rings is 1. The predicted octanol–water partition coefficient (Wildman–Crippen LogP) is 4.71. The molecular formula is C21H32O4. The summed E-state index contributed by atoms with van der Waals surface area (Å²) in [7, 11) is 0. The molecule has 0 bridgehead atoms. The largest absolute Gasteiger partial charge is 0.481 e. The molecular weight excluding hydrogens is 316 g/mol. The molecule has 140 valence electrons. The van der Waals surface area contributed by atoms with Gasteiger partial charge >= 0.3 is 11.9 Å². The zero-order valence-electron chi connectivity index (χ0n) is 16.1. The van der Waals surface area contributed by atoms with Crippen LogP contribution in [0.25, 0.3) is 0 Å². The van der Waals surface area contributed by atoms with Crippen LogP contribution in [0, 0.1) is 17.8 Å². The highest BCUT2D eigenvalue weighted by Crippen LogP contribution is 2.28. The van der Waals surface area contributed by atoms with Crippen LogP contribution in [0.5, 0.6) is 0 Å². The summed E-state index contributed by atoms with van der Waals surface area (Å²) in [4.78, 5) is 24.4. The van der Waals surface area contributed by atoms with Crippen molar-refractivity contribution >= 4 is 11.9 Å². The monoisotopic (exact) mass is 348 g/mol. The Hall–Kier alpha value is -1.84. The molecule has 0 radical (unpaired) electrons. The molecule has 0 saturated carbocycles. The second-order valence-electron chi connectivity index (χ2n) is 8.09. The number of hydrogen-bond donors (Lipinski definition) is 1. The average molecular weight is 348 g/mol. The van der Waals surface area contributed by atoms with E-state index in [-0.39, 0.29) is 5.92 Å². The Bertz CT molecular complexity index is 543. The Kier molecular flexibility index (Phi) is 8.14.